The summed E-state index contributed by atoms with van der Waals surface area (Å²) < 4.78 is 10.7. The van der Waals surface area contributed by atoms with Crippen LogP contribution >= 0.6 is 0 Å². The van der Waals surface area contributed by atoms with Gasteiger partial charge in [0.05, 0.1) is 0 Å². The minimum atomic E-state index is -0.000401. The van der Waals surface area contributed by atoms with Gasteiger partial charge in [0.25, 0.3) is 0 Å². The van der Waals surface area contributed by atoms with Gasteiger partial charge in [-0.25, -0.2) is 4.79 Å². The fourth-order valence-electron chi connectivity index (χ4n) is 2.92. The Morgan fingerprint density at radius 1 is 1.24 bits per heavy atom. The fourth-order valence-corrected chi connectivity index (χ4v) is 2.92. The van der Waals surface area contributed by atoms with Gasteiger partial charge in [0, 0.05) is 19.6 Å². The number of ether oxygens (including phenoxy) is 2. The van der Waals surface area contributed by atoms with E-state index in [9.17, 15) is 4.79 Å². The molecule has 0 unspecified atom stereocenters. The van der Waals surface area contributed by atoms with Crippen molar-refractivity contribution in [3.63, 3.8) is 0 Å². The van der Waals surface area contributed by atoms with Gasteiger partial charge in [0.2, 0.25) is 6.79 Å². The number of amides is 2. The number of benzene rings is 1. The number of hydrogen-bond acceptors (Lipinski definition) is 3. The molecule has 5 nitrogen and oxygen atoms in total. The molecule has 21 heavy (non-hydrogen) atoms. The van der Waals surface area contributed by atoms with Crippen molar-refractivity contribution < 1.29 is 14.3 Å². The van der Waals surface area contributed by atoms with E-state index in [-0.39, 0.29) is 12.8 Å². The SMILES string of the molecule is CN(Cc1ccc2c(c1)OCO2)C(=O)NC1CCCCC1. The van der Waals surface area contributed by atoms with Gasteiger partial charge < -0.3 is 19.7 Å². The van der Waals surface area contributed by atoms with E-state index in [2.05, 4.69) is 5.32 Å². The third kappa shape index (κ3) is 3.40. The van der Waals surface area contributed by atoms with Crippen LogP contribution in [-0.2, 0) is 6.54 Å². The van der Waals surface area contributed by atoms with Crippen molar-refractivity contribution in [1.29, 1.82) is 0 Å². The summed E-state index contributed by atoms with van der Waals surface area (Å²) in [5.41, 5.74) is 1.04. The Hall–Kier alpha value is -1.91. The van der Waals surface area contributed by atoms with Gasteiger partial charge in [-0.1, -0.05) is 25.3 Å². The van der Waals surface area contributed by atoms with Gasteiger partial charge in [-0.15, -0.1) is 0 Å². The number of nitrogens with one attached hydrogen (secondary N) is 1. The van der Waals surface area contributed by atoms with Gasteiger partial charge in [0.1, 0.15) is 0 Å². The number of rotatable bonds is 3. The molecule has 2 amide bonds. The summed E-state index contributed by atoms with van der Waals surface area (Å²) in [7, 11) is 1.82. The lowest BCUT2D eigenvalue weighted by Gasteiger charge is -2.26. The van der Waals surface area contributed by atoms with Crippen molar-refractivity contribution in [2.45, 2.75) is 44.7 Å². The first-order valence-corrected chi connectivity index (χ1v) is 7.62. The quantitative estimate of drug-likeness (QED) is 0.931. The molecule has 0 aromatic heterocycles. The van der Waals surface area contributed by atoms with Crippen molar-refractivity contribution in [2.75, 3.05) is 13.8 Å². The van der Waals surface area contributed by atoms with Crippen LogP contribution in [0.4, 0.5) is 4.79 Å². The molecule has 2 aliphatic rings. The molecule has 1 aromatic carbocycles. The molecule has 0 atom stereocenters. The first-order chi connectivity index (χ1) is 10.2. The molecule has 1 N–H and O–H groups in total. The highest BCUT2D eigenvalue weighted by Crippen LogP contribution is 2.32. The van der Waals surface area contributed by atoms with Crippen LogP contribution in [0.2, 0.25) is 0 Å². The van der Waals surface area contributed by atoms with Gasteiger partial charge in [-0.05, 0) is 30.5 Å². The second-order valence-corrected chi connectivity index (χ2v) is 5.83. The van der Waals surface area contributed by atoms with Crippen LogP contribution in [0, 0.1) is 0 Å². The van der Waals surface area contributed by atoms with Gasteiger partial charge >= 0.3 is 6.03 Å². The maximum atomic E-state index is 12.2. The van der Waals surface area contributed by atoms with Crippen molar-refractivity contribution in [1.82, 2.24) is 10.2 Å². The highest BCUT2D eigenvalue weighted by Gasteiger charge is 2.19. The van der Waals surface area contributed by atoms with E-state index in [1.165, 1.54) is 19.3 Å². The molecule has 1 aliphatic heterocycles. The first-order valence-electron chi connectivity index (χ1n) is 7.62. The van der Waals surface area contributed by atoms with E-state index >= 15 is 0 Å². The molecule has 3 rings (SSSR count). The Balaban J connectivity index is 1.55. The minimum Gasteiger partial charge on any atom is -0.454 e. The summed E-state index contributed by atoms with van der Waals surface area (Å²) in [6, 6.07) is 6.14. The Labute approximate surface area is 125 Å². The average Bonchev–Trinajstić information content (AvgIpc) is 2.95. The van der Waals surface area contributed by atoms with Crippen LogP contribution in [0.3, 0.4) is 0 Å². The fraction of sp³-hybridized carbons (Fsp3) is 0.562. The molecular formula is C16H22N2O3. The Kier molecular flexibility index (Phi) is 4.18. The third-order valence-electron chi connectivity index (χ3n) is 4.14. The van der Waals surface area contributed by atoms with E-state index in [1.54, 1.807) is 4.90 Å². The van der Waals surface area contributed by atoms with E-state index in [1.807, 2.05) is 25.2 Å². The van der Waals surface area contributed by atoms with E-state index < -0.39 is 0 Å². The van der Waals surface area contributed by atoms with Crippen molar-refractivity contribution in [2.24, 2.45) is 0 Å². The number of carbonyl (C=O) groups excluding carboxylic acids is 1. The van der Waals surface area contributed by atoms with Crippen molar-refractivity contribution in [3.8, 4) is 11.5 Å². The third-order valence-corrected chi connectivity index (χ3v) is 4.14. The molecule has 5 heteroatoms. The molecule has 0 radical (unpaired) electrons. The lowest BCUT2D eigenvalue weighted by molar-refractivity contribution is 0.174. The van der Waals surface area contributed by atoms with Crippen molar-refractivity contribution >= 4 is 6.03 Å². The Morgan fingerprint density at radius 2 is 2.00 bits per heavy atom. The molecule has 0 bridgehead atoms. The van der Waals surface area contributed by atoms with E-state index in [0.717, 1.165) is 29.9 Å². The standard InChI is InChI=1S/C16H22N2O3/c1-18(16(19)17-13-5-3-2-4-6-13)10-12-7-8-14-15(9-12)21-11-20-14/h7-9,13H,2-6,10-11H2,1H3,(H,17,19). The van der Waals surface area contributed by atoms with Crippen LogP contribution in [0.15, 0.2) is 18.2 Å². The maximum absolute atomic E-state index is 12.2. The molecule has 0 saturated heterocycles. The number of nitrogens with zero attached hydrogens (tertiary/aromatic N) is 1. The van der Waals surface area contributed by atoms with Crippen LogP contribution in [0.25, 0.3) is 0 Å². The summed E-state index contributed by atoms with van der Waals surface area (Å²) >= 11 is 0. The number of hydrogen-bond donors (Lipinski definition) is 1. The summed E-state index contributed by atoms with van der Waals surface area (Å²) in [5.74, 6) is 1.53. The van der Waals surface area contributed by atoms with Gasteiger partial charge in [0.15, 0.2) is 11.5 Å². The lowest BCUT2D eigenvalue weighted by Crippen LogP contribution is -2.43. The normalized spacial score (nSPS) is 17.6. The molecule has 1 aromatic rings. The van der Waals surface area contributed by atoms with Crippen molar-refractivity contribution in [3.05, 3.63) is 23.8 Å². The molecule has 1 aliphatic carbocycles. The lowest BCUT2D eigenvalue weighted by atomic mass is 9.96. The summed E-state index contributed by atoms with van der Waals surface area (Å²) in [5, 5.41) is 3.12. The smallest absolute Gasteiger partial charge is 0.317 e. The molecular weight excluding hydrogens is 268 g/mol. The van der Waals surface area contributed by atoms with Gasteiger partial charge in [-0.3, -0.25) is 0 Å². The summed E-state index contributed by atoms with van der Waals surface area (Å²) in [6.07, 6.45) is 5.93. The zero-order valence-corrected chi connectivity index (χ0v) is 12.4. The van der Waals surface area contributed by atoms with Crippen LogP contribution < -0.4 is 14.8 Å². The van der Waals surface area contributed by atoms with Crippen LogP contribution in [0.5, 0.6) is 11.5 Å². The molecule has 0 spiro atoms. The predicted octanol–water partition coefficient (Wildman–Crippen LogP) is 2.89. The molecule has 1 saturated carbocycles. The largest absolute Gasteiger partial charge is 0.454 e. The first kappa shape index (κ1) is 14.0. The minimum absolute atomic E-state index is 0.000401. The highest BCUT2D eigenvalue weighted by molar-refractivity contribution is 5.74. The number of carbonyl (C=O) groups is 1. The second-order valence-electron chi connectivity index (χ2n) is 5.83. The topological polar surface area (TPSA) is 50.8 Å². The molecule has 1 fully saturated rings. The second kappa shape index (κ2) is 6.24. The zero-order valence-electron chi connectivity index (χ0n) is 12.4. The van der Waals surface area contributed by atoms with E-state index in [0.29, 0.717) is 12.6 Å². The summed E-state index contributed by atoms with van der Waals surface area (Å²) in [6.45, 7) is 0.839. The van der Waals surface area contributed by atoms with E-state index in [4.69, 9.17) is 9.47 Å². The monoisotopic (exact) mass is 290 g/mol. The molecule has 1 heterocycles. The average molecular weight is 290 g/mol. The number of urea groups is 1. The maximum Gasteiger partial charge on any atom is 0.317 e. The molecule has 114 valence electrons. The Bertz CT molecular complexity index is 512. The summed E-state index contributed by atoms with van der Waals surface area (Å²) in [4.78, 5) is 13.9. The van der Waals surface area contributed by atoms with Crippen LogP contribution in [-0.4, -0.2) is 30.8 Å². The zero-order chi connectivity index (χ0) is 14.7. The van der Waals surface area contributed by atoms with Gasteiger partial charge in [-0.2, -0.15) is 0 Å². The predicted molar refractivity (Wildman–Crippen MR) is 79.4 cm³/mol. The number of fused-ring (bicyclic) bond motifs is 1. The highest BCUT2D eigenvalue weighted by atomic mass is 16.7. The Morgan fingerprint density at radius 3 is 2.81 bits per heavy atom. The van der Waals surface area contributed by atoms with Crippen LogP contribution in [0.1, 0.15) is 37.7 Å².